The fraction of sp³-hybridized carbons (Fsp3) is 0.333. The monoisotopic (exact) mass is 287 g/mol. The van der Waals surface area contributed by atoms with Gasteiger partial charge in [-0.15, -0.1) is 11.6 Å². The van der Waals surface area contributed by atoms with Crippen molar-refractivity contribution >= 4 is 23.5 Å². The number of rotatable bonds is 6. The summed E-state index contributed by atoms with van der Waals surface area (Å²) in [6.45, 7) is 0. The number of hydrogen-bond donors (Lipinski definition) is 3. The molecule has 1 amide bonds. The van der Waals surface area contributed by atoms with Gasteiger partial charge in [-0.05, 0) is 17.7 Å². The lowest BCUT2D eigenvalue weighted by molar-refractivity contribution is -0.145. The van der Waals surface area contributed by atoms with Crippen molar-refractivity contribution in [3.05, 3.63) is 29.8 Å². The third-order valence-corrected chi connectivity index (χ3v) is 2.72. The number of aliphatic hydroxyl groups excluding tert-OH is 1. The number of halogens is 1. The van der Waals surface area contributed by atoms with Crippen LogP contribution in [-0.4, -0.2) is 41.1 Å². The van der Waals surface area contributed by atoms with Crippen LogP contribution >= 0.6 is 11.6 Å². The van der Waals surface area contributed by atoms with E-state index >= 15 is 0 Å². The minimum Gasteiger partial charge on any atom is -0.497 e. The van der Waals surface area contributed by atoms with E-state index in [1.165, 1.54) is 19.2 Å². The quantitative estimate of drug-likeness (QED) is 0.664. The maximum absolute atomic E-state index is 11.1. The van der Waals surface area contributed by atoms with Crippen LogP contribution in [0.15, 0.2) is 24.3 Å². The molecule has 0 saturated heterocycles. The van der Waals surface area contributed by atoms with Crippen molar-refractivity contribution in [3.63, 3.8) is 0 Å². The standard InChI is InChI=1S/C12H14ClNO5/c1-19-8-4-2-7(3-5-8)11(16)10(12(17)18)14-9(15)6-13/h2-5,10-11,16H,6H2,1H3,(H,14,15)(H,17,18). The Morgan fingerprint density at radius 1 is 1.37 bits per heavy atom. The molecule has 2 atom stereocenters. The Labute approximate surface area is 114 Å². The molecule has 1 rings (SSSR count). The fourth-order valence-corrected chi connectivity index (χ4v) is 1.56. The highest BCUT2D eigenvalue weighted by atomic mass is 35.5. The fourth-order valence-electron chi connectivity index (χ4n) is 1.48. The lowest BCUT2D eigenvalue weighted by atomic mass is 10.0. The number of carbonyl (C=O) groups is 2. The van der Waals surface area contributed by atoms with Gasteiger partial charge in [0.15, 0.2) is 6.04 Å². The van der Waals surface area contributed by atoms with Crippen LogP contribution in [0, 0.1) is 0 Å². The van der Waals surface area contributed by atoms with Gasteiger partial charge in [-0.25, -0.2) is 4.79 Å². The summed E-state index contributed by atoms with van der Waals surface area (Å²) in [4.78, 5) is 22.2. The summed E-state index contributed by atoms with van der Waals surface area (Å²) in [6, 6.07) is 4.75. The molecule has 0 heterocycles. The summed E-state index contributed by atoms with van der Waals surface area (Å²) in [6.07, 6.45) is -1.38. The molecule has 3 N–H and O–H groups in total. The van der Waals surface area contributed by atoms with Crippen molar-refractivity contribution in [3.8, 4) is 5.75 Å². The van der Waals surface area contributed by atoms with E-state index in [-0.39, 0.29) is 5.88 Å². The SMILES string of the molecule is COc1ccc(C(O)C(NC(=O)CCl)C(=O)O)cc1. The van der Waals surface area contributed by atoms with Crippen molar-refractivity contribution in [2.45, 2.75) is 12.1 Å². The number of carboxylic acids is 1. The zero-order valence-corrected chi connectivity index (χ0v) is 10.9. The second kappa shape index (κ2) is 6.96. The van der Waals surface area contributed by atoms with Crippen LogP contribution in [0.1, 0.15) is 11.7 Å². The van der Waals surface area contributed by atoms with Crippen molar-refractivity contribution in [2.75, 3.05) is 13.0 Å². The topological polar surface area (TPSA) is 95.9 Å². The van der Waals surface area contributed by atoms with Gasteiger partial charge < -0.3 is 20.3 Å². The summed E-state index contributed by atoms with van der Waals surface area (Å²) in [5.74, 6) is -1.81. The summed E-state index contributed by atoms with van der Waals surface area (Å²) in [5, 5.41) is 21.1. The lowest BCUT2D eigenvalue weighted by Gasteiger charge is -2.20. The van der Waals surface area contributed by atoms with Crippen LogP contribution in [0.5, 0.6) is 5.75 Å². The molecule has 19 heavy (non-hydrogen) atoms. The second-order valence-electron chi connectivity index (χ2n) is 3.74. The number of nitrogens with one attached hydrogen (secondary N) is 1. The minimum atomic E-state index is -1.46. The largest absolute Gasteiger partial charge is 0.497 e. The van der Waals surface area contributed by atoms with Gasteiger partial charge in [-0.3, -0.25) is 4.79 Å². The van der Waals surface area contributed by atoms with Gasteiger partial charge in [0.1, 0.15) is 17.7 Å². The van der Waals surface area contributed by atoms with E-state index in [1.54, 1.807) is 12.1 Å². The average molecular weight is 288 g/mol. The maximum atomic E-state index is 11.1. The molecule has 0 aromatic heterocycles. The first-order valence-electron chi connectivity index (χ1n) is 5.39. The number of alkyl halides is 1. The van der Waals surface area contributed by atoms with E-state index in [4.69, 9.17) is 21.4 Å². The second-order valence-corrected chi connectivity index (χ2v) is 4.00. The Morgan fingerprint density at radius 3 is 2.37 bits per heavy atom. The Bertz CT molecular complexity index is 448. The van der Waals surface area contributed by atoms with Crippen molar-refractivity contribution in [1.29, 1.82) is 0 Å². The molecule has 0 fully saturated rings. The third kappa shape index (κ3) is 4.11. The molecule has 0 aliphatic rings. The third-order valence-electron chi connectivity index (χ3n) is 2.48. The molecular formula is C12H14ClNO5. The Morgan fingerprint density at radius 2 is 1.95 bits per heavy atom. The number of carboxylic acid groups (broad SMARTS) is 1. The van der Waals surface area contributed by atoms with Gasteiger partial charge in [0, 0.05) is 0 Å². The summed E-state index contributed by atoms with van der Waals surface area (Å²) in [5.41, 5.74) is 0.350. The predicted molar refractivity (Wildman–Crippen MR) is 68.2 cm³/mol. The molecule has 104 valence electrons. The van der Waals surface area contributed by atoms with E-state index in [9.17, 15) is 14.7 Å². The minimum absolute atomic E-state index is 0.350. The van der Waals surface area contributed by atoms with Crippen molar-refractivity contribution < 1.29 is 24.5 Å². The highest BCUT2D eigenvalue weighted by molar-refractivity contribution is 6.27. The first-order valence-corrected chi connectivity index (χ1v) is 5.93. The molecule has 0 saturated carbocycles. The molecule has 1 aromatic carbocycles. The number of benzene rings is 1. The van der Waals surface area contributed by atoms with Crippen LogP contribution in [0.4, 0.5) is 0 Å². The highest BCUT2D eigenvalue weighted by Crippen LogP contribution is 2.20. The number of methoxy groups -OCH3 is 1. The van der Waals surface area contributed by atoms with E-state index < -0.39 is 24.0 Å². The Balaban J connectivity index is 2.88. The number of aliphatic carboxylic acids is 1. The van der Waals surface area contributed by atoms with E-state index in [2.05, 4.69) is 5.32 Å². The smallest absolute Gasteiger partial charge is 0.329 e. The van der Waals surface area contributed by atoms with Gasteiger partial charge in [-0.2, -0.15) is 0 Å². The van der Waals surface area contributed by atoms with Gasteiger partial charge in [0.2, 0.25) is 5.91 Å². The maximum Gasteiger partial charge on any atom is 0.329 e. The van der Waals surface area contributed by atoms with Crippen LogP contribution in [-0.2, 0) is 9.59 Å². The van der Waals surface area contributed by atoms with Gasteiger partial charge in [0.25, 0.3) is 0 Å². The molecule has 0 radical (unpaired) electrons. The van der Waals surface area contributed by atoms with Crippen LogP contribution < -0.4 is 10.1 Å². The van der Waals surface area contributed by atoms with E-state index in [0.717, 1.165) is 0 Å². The molecule has 1 aromatic rings. The average Bonchev–Trinajstić information content (AvgIpc) is 2.43. The number of ether oxygens (including phenoxy) is 1. The zero-order chi connectivity index (χ0) is 14.4. The molecule has 2 unspecified atom stereocenters. The molecule has 0 aliphatic heterocycles. The van der Waals surface area contributed by atoms with Crippen molar-refractivity contribution in [2.24, 2.45) is 0 Å². The van der Waals surface area contributed by atoms with Crippen molar-refractivity contribution in [1.82, 2.24) is 5.32 Å². The van der Waals surface area contributed by atoms with E-state index in [1.807, 2.05) is 0 Å². The summed E-state index contributed by atoms with van der Waals surface area (Å²) >= 11 is 5.29. The Hall–Kier alpha value is -1.79. The van der Waals surface area contributed by atoms with E-state index in [0.29, 0.717) is 11.3 Å². The molecule has 0 spiro atoms. The van der Waals surface area contributed by atoms with Crippen LogP contribution in [0.25, 0.3) is 0 Å². The number of amides is 1. The molecule has 7 heteroatoms. The number of carbonyl (C=O) groups excluding carboxylic acids is 1. The summed E-state index contributed by atoms with van der Waals surface area (Å²) in [7, 11) is 1.49. The molecule has 0 bridgehead atoms. The molecule has 6 nitrogen and oxygen atoms in total. The van der Waals surface area contributed by atoms with Gasteiger partial charge in [-0.1, -0.05) is 12.1 Å². The van der Waals surface area contributed by atoms with Crippen LogP contribution in [0.3, 0.4) is 0 Å². The first-order chi connectivity index (χ1) is 8.99. The normalized spacial score (nSPS) is 13.4. The number of aliphatic hydroxyl groups is 1. The predicted octanol–water partition coefficient (Wildman–Crippen LogP) is 0.537. The Kier molecular flexibility index (Phi) is 5.59. The molecular weight excluding hydrogens is 274 g/mol. The number of hydrogen-bond acceptors (Lipinski definition) is 4. The van der Waals surface area contributed by atoms with Crippen LogP contribution in [0.2, 0.25) is 0 Å². The van der Waals surface area contributed by atoms with Gasteiger partial charge >= 0.3 is 5.97 Å². The molecule has 0 aliphatic carbocycles. The summed E-state index contributed by atoms with van der Waals surface area (Å²) < 4.78 is 4.95. The highest BCUT2D eigenvalue weighted by Gasteiger charge is 2.29. The zero-order valence-electron chi connectivity index (χ0n) is 10.2. The van der Waals surface area contributed by atoms with Gasteiger partial charge in [0.05, 0.1) is 7.11 Å². The lowest BCUT2D eigenvalue weighted by Crippen LogP contribution is -2.45. The first kappa shape index (κ1) is 15.3.